The first-order chi connectivity index (χ1) is 16.5. The number of rotatable bonds is 10. The van der Waals surface area contributed by atoms with Gasteiger partial charge in [-0.3, -0.25) is 4.79 Å². The molecule has 35 heavy (non-hydrogen) atoms. The highest BCUT2D eigenvalue weighted by atomic mass is 19.4. The second-order valence-electron chi connectivity index (χ2n) is 7.25. The lowest BCUT2D eigenvalue weighted by Gasteiger charge is -2.13. The van der Waals surface area contributed by atoms with E-state index in [4.69, 9.17) is 0 Å². The number of carbonyl (C=O) groups is 1. The molecular formula is C22H19F6N5O2. The average molecular weight is 499 g/mol. The molecule has 13 heteroatoms. The first-order valence-electron chi connectivity index (χ1n) is 10.2. The van der Waals surface area contributed by atoms with Crippen molar-refractivity contribution in [3.63, 3.8) is 0 Å². The number of ether oxygens (including phenoxy) is 1. The average Bonchev–Trinajstić information content (AvgIpc) is 2.80. The minimum atomic E-state index is -4.68. The SMILES string of the molecule is O=C(CCc1ccccc1)CNc1nc(Nc2cccc(C(F)(F)F)c2)nc(OCC(F)(F)F)n1. The van der Waals surface area contributed by atoms with E-state index in [1.165, 1.54) is 6.07 Å². The van der Waals surface area contributed by atoms with Crippen LogP contribution >= 0.6 is 0 Å². The van der Waals surface area contributed by atoms with Gasteiger partial charge in [0.15, 0.2) is 12.4 Å². The summed E-state index contributed by atoms with van der Waals surface area (Å²) in [6, 6.07) is 12.6. The molecule has 0 bridgehead atoms. The molecule has 7 nitrogen and oxygen atoms in total. The molecule has 0 atom stereocenters. The molecule has 0 saturated carbocycles. The molecule has 0 amide bonds. The fraction of sp³-hybridized carbons (Fsp3) is 0.273. The van der Waals surface area contributed by atoms with E-state index < -0.39 is 30.5 Å². The number of benzene rings is 2. The zero-order valence-corrected chi connectivity index (χ0v) is 18.0. The van der Waals surface area contributed by atoms with Crippen LogP contribution in [0.15, 0.2) is 54.6 Å². The van der Waals surface area contributed by atoms with Crippen molar-refractivity contribution in [1.82, 2.24) is 15.0 Å². The zero-order valence-electron chi connectivity index (χ0n) is 18.0. The van der Waals surface area contributed by atoms with Crippen LogP contribution in [0, 0.1) is 0 Å². The summed E-state index contributed by atoms with van der Waals surface area (Å²) < 4.78 is 81.1. The molecule has 1 aromatic heterocycles. The number of halogens is 6. The molecule has 0 aliphatic heterocycles. The van der Waals surface area contributed by atoms with Gasteiger partial charge < -0.3 is 15.4 Å². The number of aromatic nitrogens is 3. The predicted molar refractivity (Wildman–Crippen MR) is 114 cm³/mol. The Balaban J connectivity index is 1.72. The van der Waals surface area contributed by atoms with Crippen molar-refractivity contribution >= 4 is 23.4 Å². The number of hydrogen-bond donors (Lipinski definition) is 2. The van der Waals surface area contributed by atoms with Gasteiger partial charge in [0, 0.05) is 12.1 Å². The van der Waals surface area contributed by atoms with Gasteiger partial charge in [-0.15, -0.1) is 0 Å². The molecule has 2 N–H and O–H groups in total. The van der Waals surface area contributed by atoms with Gasteiger partial charge in [-0.25, -0.2) is 0 Å². The summed E-state index contributed by atoms with van der Waals surface area (Å²) in [5.74, 6) is -0.894. The number of nitrogens with one attached hydrogen (secondary N) is 2. The molecule has 3 aromatic rings. The number of ketones is 1. The molecule has 0 aliphatic rings. The summed E-state index contributed by atoms with van der Waals surface area (Å²) >= 11 is 0. The maximum absolute atomic E-state index is 13.0. The number of aryl methyl sites for hydroxylation is 1. The number of hydrogen-bond acceptors (Lipinski definition) is 7. The first kappa shape index (κ1) is 25.7. The Kier molecular flexibility index (Phi) is 8.10. The van der Waals surface area contributed by atoms with Crippen LogP contribution in [-0.2, 0) is 17.4 Å². The van der Waals surface area contributed by atoms with Gasteiger partial charge in [0.05, 0.1) is 12.1 Å². The van der Waals surface area contributed by atoms with E-state index in [0.717, 1.165) is 23.8 Å². The lowest BCUT2D eigenvalue weighted by Crippen LogP contribution is -2.21. The van der Waals surface area contributed by atoms with E-state index in [0.29, 0.717) is 6.42 Å². The van der Waals surface area contributed by atoms with Crippen molar-refractivity contribution in [3.05, 3.63) is 65.7 Å². The highest BCUT2D eigenvalue weighted by Crippen LogP contribution is 2.31. The third-order valence-corrected chi connectivity index (χ3v) is 4.40. The topological polar surface area (TPSA) is 89.0 Å². The number of nitrogens with zero attached hydrogens (tertiary/aromatic N) is 3. The van der Waals surface area contributed by atoms with Crippen LogP contribution in [0.2, 0.25) is 0 Å². The van der Waals surface area contributed by atoms with Crippen LogP contribution in [0.5, 0.6) is 6.01 Å². The second-order valence-corrected chi connectivity index (χ2v) is 7.25. The first-order valence-corrected chi connectivity index (χ1v) is 10.2. The molecule has 0 saturated heterocycles. The molecule has 0 unspecified atom stereocenters. The molecule has 0 radical (unpaired) electrons. The van der Waals surface area contributed by atoms with Crippen molar-refractivity contribution < 1.29 is 35.9 Å². The predicted octanol–water partition coefficient (Wildman–Crippen LogP) is 5.19. The van der Waals surface area contributed by atoms with E-state index >= 15 is 0 Å². The highest BCUT2D eigenvalue weighted by Gasteiger charge is 2.31. The molecule has 1 heterocycles. The summed E-state index contributed by atoms with van der Waals surface area (Å²) in [5.41, 5.74) is -0.0680. The third kappa shape index (κ3) is 8.76. The Bertz CT molecular complexity index is 1140. The summed E-state index contributed by atoms with van der Waals surface area (Å²) in [4.78, 5) is 23.5. The van der Waals surface area contributed by atoms with Gasteiger partial charge in [-0.05, 0) is 30.2 Å². The quantitative estimate of drug-likeness (QED) is 0.371. The lowest BCUT2D eigenvalue weighted by molar-refractivity contribution is -0.154. The standard InChI is InChI=1S/C22H19F6N5O2/c23-21(24,25)13-35-20-32-18(29-12-17(34)10-9-14-5-2-1-3-6-14)31-19(33-20)30-16-8-4-7-15(11-16)22(26,27)28/h1-8,11H,9-10,12-13H2,(H2,29,30,31,32,33). The smallest absolute Gasteiger partial charge is 0.422 e. The number of carbonyl (C=O) groups excluding carboxylic acids is 1. The fourth-order valence-electron chi connectivity index (χ4n) is 2.80. The van der Waals surface area contributed by atoms with Crippen LogP contribution in [0.1, 0.15) is 17.5 Å². The summed E-state index contributed by atoms with van der Waals surface area (Å²) in [6.07, 6.45) is -8.61. The summed E-state index contributed by atoms with van der Waals surface area (Å²) in [7, 11) is 0. The zero-order chi connectivity index (χ0) is 25.5. The monoisotopic (exact) mass is 499 g/mol. The van der Waals surface area contributed by atoms with Crippen molar-refractivity contribution in [2.75, 3.05) is 23.8 Å². The maximum Gasteiger partial charge on any atom is 0.422 e. The van der Waals surface area contributed by atoms with Gasteiger partial charge in [-0.2, -0.15) is 41.3 Å². The van der Waals surface area contributed by atoms with Crippen LogP contribution in [0.3, 0.4) is 0 Å². The van der Waals surface area contributed by atoms with Crippen molar-refractivity contribution in [2.45, 2.75) is 25.2 Å². The maximum atomic E-state index is 13.0. The Labute approximate surface area is 195 Å². The van der Waals surface area contributed by atoms with Crippen LogP contribution < -0.4 is 15.4 Å². The fourth-order valence-corrected chi connectivity index (χ4v) is 2.80. The van der Waals surface area contributed by atoms with Crippen molar-refractivity contribution in [1.29, 1.82) is 0 Å². The molecule has 3 rings (SSSR count). The number of Topliss-reactive ketones (excluding diaryl/α,β-unsaturated/α-hetero) is 1. The van der Waals surface area contributed by atoms with Gasteiger partial charge in [0.25, 0.3) is 0 Å². The molecular weight excluding hydrogens is 480 g/mol. The van der Waals surface area contributed by atoms with Crippen LogP contribution in [-0.4, -0.2) is 40.1 Å². The van der Waals surface area contributed by atoms with Crippen LogP contribution in [0.25, 0.3) is 0 Å². The van der Waals surface area contributed by atoms with Gasteiger partial charge in [-0.1, -0.05) is 36.4 Å². The van der Waals surface area contributed by atoms with Gasteiger partial charge in [0.1, 0.15) is 0 Å². The number of alkyl halides is 6. The van der Waals surface area contributed by atoms with E-state index in [-0.39, 0.29) is 36.3 Å². The van der Waals surface area contributed by atoms with E-state index in [2.05, 4.69) is 30.3 Å². The molecule has 0 spiro atoms. The van der Waals surface area contributed by atoms with E-state index in [1.54, 1.807) is 0 Å². The van der Waals surface area contributed by atoms with E-state index in [9.17, 15) is 31.1 Å². The Morgan fingerprint density at radius 2 is 1.60 bits per heavy atom. The van der Waals surface area contributed by atoms with E-state index in [1.807, 2.05) is 30.3 Å². The largest absolute Gasteiger partial charge is 0.454 e. The van der Waals surface area contributed by atoms with Crippen molar-refractivity contribution in [3.8, 4) is 6.01 Å². The minimum Gasteiger partial charge on any atom is -0.454 e. The molecule has 2 aromatic carbocycles. The Morgan fingerprint density at radius 3 is 2.29 bits per heavy atom. The molecule has 0 fully saturated rings. The third-order valence-electron chi connectivity index (χ3n) is 4.40. The van der Waals surface area contributed by atoms with Gasteiger partial charge in [0.2, 0.25) is 11.9 Å². The van der Waals surface area contributed by atoms with Crippen molar-refractivity contribution in [2.24, 2.45) is 0 Å². The normalized spacial score (nSPS) is 11.7. The van der Waals surface area contributed by atoms with Crippen LogP contribution in [0.4, 0.5) is 43.9 Å². The molecule has 186 valence electrons. The van der Waals surface area contributed by atoms with Gasteiger partial charge >= 0.3 is 18.4 Å². The summed E-state index contributed by atoms with van der Waals surface area (Å²) in [5, 5.41) is 5.07. The second kappa shape index (κ2) is 11.0. The Hall–Kier alpha value is -3.90. The lowest BCUT2D eigenvalue weighted by atomic mass is 10.1. The Morgan fingerprint density at radius 1 is 0.886 bits per heavy atom. The highest BCUT2D eigenvalue weighted by molar-refractivity contribution is 5.82. The number of anilines is 3. The summed E-state index contributed by atoms with van der Waals surface area (Å²) in [6.45, 7) is -1.94. The molecule has 0 aliphatic carbocycles. The minimum absolute atomic E-state index is 0.0716.